The van der Waals surface area contributed by atoms with Crippen molar-refractivity contribution < 1.29 is 4.74 Å². The molecule has 2 nitrogen and oxygen atoms in total. The zero-order valence-electron chi connectivity index (χ0n) is 11.7. The maximum absolute atomic E-state index is 5.15. The van der Waals surface area contributed by atoms with Crippen molar-refractivity contribution in [2.45, 2.75) is 32.7 Å². The Morgan fingerprint density at radius 3 is 2.61 bits per heavy atom. The van der Waals surface area contributed by atoms with Crippen LogP contribution in [-0.4, -0.2) is 31.2 Å². The molecular formula is C15H25NOS. The summed E-state index contributed by atoms with van der Waals surface area (Å²) >= 11 is 2.02. The second-order valence-corrected chi connectivity index (χ2v) is 5.83. The summed E-state index contributed by atoms with van der Waals surface area (Å²) in [5, 5.41) is 3.57. The molecule has 0 aliphatic heterocycles. The summed E-state index contributed by atoms with van der Waals surface area (Å²) in [5.41, 5.74) is 1.36. The van der Waals surface area contributed by atoms with Crippen molar-refractivity contribution in [3.05, 3.63) is 29.8 Å². The first-order chi connectivity index (χ1) is 8.76. The minimum Gasteiger partial charge on any atom is -0.497 e. The molecule has 0 aromatic heterocycles. The van der Waals surface area contributed by atoms with E-state index in [0.717, 1.165) is 18.7 Å². The lowest BCUT2D eigenvalue weighted by molar-refractivity contribution is 0.414. The van der Waals surface area contributed by atoms with Gasteiger partial charge in [0.25, 0.3) is 0 Å². The molecule has 1 aromatic carbocycles. The minimum atomic E-state index is 0.613. The Kier molecular flexibility index (Phi) is 7.94. The second kappa shape index (κ2) is 9.29. The lowest BCUT2D eigenvalue weighted by Gasteiger charge is -2.13. The van der Waals surface area contributed by atoms with Crippen LogP contribution >= 0.6 is 11.8 Å². The van der Waals surface area contributed by atoms with Gasteiger partial charge in [-0.1, -0.05) is 19.1 Å². The monoisotopic (exact) mass is 267 g/mol. The molecule has 1 aromatic rings. The Morgan fingerprint density at radius 2 is 2.00 bits per heavy atom. The second-order valence-electron chi connectivity index (χ2n) is 4.44. The number of nitrogens with one attached hydrogen (secondary N) is 1. The van der Waals surface area contributed by atoms with Gasteiger partial charge in [0.15, 0.2) is 0 Å². The summed E-state index contributed by atoms with van der Waals surface area (Å²) in [6, 6.07) is 8.94. The molecule has 0 saturated carbocycles. The maximum atomic E-state index is 5.15. The molecule has 0 aliphatic carbocycles. The van der Waals surface area contributed by atoms with Gasteiger partial charge in [-0.3, -0.25) is 0 Å². The molecule has 1 unspecified atom stereocenters. The van der Waals surface area contributed by atoms with Crippen LogP contribution in [0.3, 0.4) is 0 Å². The van der Waals surface area contributed by atoms with Gasteiger partial charge in [-0.15, -0.1) is 0 Å². The number of benzene rings is 1. The predicted octanol–water partition coefficient (Wildman–Crippen LogP) is 3.36. The standard InChI is InChI=1S/C15H25NOS/c1-4-18-12-10-13(2)16-11-9-14-5-7-15(17-3)8-6-14/h5-8,13,16H,4,9-12H2,1-3H3. The summed E-state index contributed by atoms with van der Waals surface area (Å²) < 4.78 is 5.15. The molecule has 1 atom stereocenters. The van der Waals surface area contributed by atoms with Gasteiger partial charge in [-0.25, -0.2) is 0 Å². The van der Waals surface area contributed by atoms with Crippen molar-refractivity contribution in [2.75, 3.05) is 25.2 Å². The number of methoxy groups -OCH3 is 1. The van der Waals surface area contributed by atoms with Crippen molar-refractivity contribution in [2.24, 2.45) is 0 Å². The zero-order valence-corrected chi connectivity index (χ0v) is 12.6. The molecule has 0 amide bonds. The highest BCUT2D eigenvalue weighted by Crippen LogP contribution is 2.11. The van der Waals surface area contributed by atoms with E-state index in [9.17, 15) is 0 Å². The van der Waals surface area contributed by atoms with Crippen LogP contribution in [0.1, 0.15) is 25.8 Å². The van der Waals surface area contributed by atoms with E-state index in [1.54, 1.807) is 7.11 Å². The molecular weight excluding hydrogens is 242 g/mol. The minimum absolute atomic E-state index is 0.613. The molecule has 0 saturated heterocycles. The van der Waals surface area contributed by atoms with Crippen molar-refractivity contribution in [3.8, 4) is 5.75 Å². The lowest BCUT2D eigenvalue weighted by Crippen LogP contribution is -2.28. The highest BCUT2D eigenvalue weighted by molar-refractivity contribution is 7.99. The third-order valence-electron chi connectivity index (χ3n) is 2.96. The molecule has 3 heteroatoms. The number of rotatable bonds is 9. The fraction of sp³-hybridized carbons (Fsp3) is 0.600. The number of hydrogen-bond acceptors (Lipinski definition) is 3. The third-order valence-corrected chi connectivity index (χ3v) is 3.90. The van der Waals surface area contributed by atoms with E-state index >= 15 is 0 Å². The van der Waals surface area contributed by atoms with Gasteiger partial charge in [0.05, 0.1) is 7.11 Å². The first kappa shape index (κ1) is 15.4. The highest BCUT2D eigenvalue weighted by atomic mass is 32.2. The highest BCUT2D eigenvalue weighted by Gasteiger charge is 2.01. The average molecular weight is 267 g/mol. The van der Waals surface area contributed by atoms with Gasteiger partial charge in [-0.2, -0.15) is 11.8 Å². The Hall–Kier alpha value is -0.670. The molecule has 102 valence electrons. The van der Waals surface area contributed by atoms with Crippen LogP contribution in [0.15, 0.2) is 24.3 Å². The Morgan fingerprint density at radius 1 is 1.28 bits per heavy atom. The van der Waals surface area contributed by atoms with Crippen LogP contribution < -0.4 is 10.1 Å². The van der Waals surface area contributed by atoms with E-state index in [1.807, 2.05) is 23.9 Å². The number of ether oxygens (including phenoxy) is 1. The van der Waals surface area contributed by atoms with Crippen LogP contribution in [0.4, 0.5) is 0 Å². The van der Waals surface area contributed by atoms with Gasteiger partial charge >= 0.3 is 0 Å². The van der Waals surface area contributed by atoms with Crippen LogP contribution in [0.2, 0.25) is 0 Å². The van der Waals surface area contributed by atoms with Gasteiger partial charge in [-0.05, 0) is 55.5 Å². The molecule has 1 N–H and O–H groups in total. The van der Waals surface area contributed by atoms with E-state index in [0.29, 0.717) is 6.04 Å². The Balaban J connectivity index is 2.16. The van der Waals surface area contributed by atoms with Gasteiger partial charge in [0, 0.05) is 6.04 Å². The van der Waals surface area contributed by atoms with Gasteiger partial charge < -0.3 is 10.1 Å². The molecule has 0 radical (unpaired) electrons. The van der Waals surface area contributed by atoms with E-state index in [2.05, 4.69) is 31.3 Å². The summed E-state index contributed by atoms with van der Waals surface area (Å²) in [6.45, 7) is 5.53. The maximum Gasteiger partial charge on any atom is 0.118 e. The molecule has 18 heavy (non-hydrogen) atoms. The molecule has 0 bridgehead atoms. The Labute approximate surface area is 116 Å². The zero-order chi connectivity index (χ0) is 13.2. The lowest BCUT2D eigenvalue weighted by atomic mass is 10.1. The fourth-order valence-electron chi connectivity index (χ4n) is 1.76. The van der Waals surface area contributed by atoms with Crippen LogP contribution in [0, 0.1) is 0 Å². The Bertz CT molecular complexity index is 313. The average Bonchev–Trinajstić information content (AvgIpc) is 2.40. The van der Waals surface area contributed by atoms with Crippen molar-refractivity contribution in [3.63, 3.8) is 0 Å². The van der Waals surface area contributed by atoms with Crippen LogP contribution in [-0.2, 0) is 6.42 Å². The summed E-state index contributed by atoms with van der Waals surface area (Å²) in [6.07, 6.45) is 2.33. The van der Waals surface area contributed by atoms with Crippen molar-refractivity contribution >= 4 is 11.8 Å². The van der Waals surface area contributed by atoms with Gasteiger partial charge in [0.1, 0.15) is 5.75 Å². The van der Waals surface area contributed by atoms with E-state index < -0.39 is 0 Å². The van der Waals surface area contributed by atoms with Crippen molar-refractivity contribution in [1.29, 1.82) is 0 Å². The normalized spacial score (nSPS) is 12.4. The fourth-order valence-corrected chi connectivity index (χ4v) is 2.57. The molecule has 0 heterocycles. The molecule has 1 rings (SSSR count). The largest absolute Gasteiger partial charge is 0.497 e. The van der Waals surface area contributed by atoms with Crippen LogP contribution in [0.5, 0.6) is 5.75 Å². The SMILES string of the molecule is CCSCCC(C)NCCc1ccc(OC)cc1. The van der Waals surface area contributed by atoms with Gasteiger partial charge in [0.2, 0.25) is 0 Å². The quantitative estimate of drug-likeness (QED) is 0.693. The summed E-state index contributed by atoms with van der Waals surface area (Å²) in [7, 11) is 1.70. The molecule has 0 fully saturated rings. The number of thioether (sulfide) groups is 1. The molecule has 0 aliphatic rings. The molecule has 0 spiro atoms. The summed E-state index contributed by atoms with van der Waals surface area (Å²) in [4.78, 5) is 0. The smallest absolute Gasteiger partial charge is 0.118 e. The van der Waals surface area contributed by atoms with Crippen molar-refractivity contribution in [1.82, 2.24) is 5.32 Å². The van der Waals surface area contributed by atoms with E-state index in [-0.39, 0.29) is 0 Å². The topological polar surface area (TPSA) is 21.3 Å². The number of hydrogen-bond donors (Lipinski definition) is 1. The third kappa shape index (κ3) is 6.31. The first-order valence-corrected chi connectivity index (χ1v) is 7.85. The van der Waals surface area contributed by atoms with E-state index in [4.69, 9.17) is 4.74 Å². The summed E-state index contributed by atoms with van der Waals surface area (Å²) in [5.74, 6) is 3.41. The predicted molar refractivity (Wildman–Crippen MR) is 81.8 cm³/mol. The van der Waals surface area contributed by atoms with Crippen LogP contribution in [0.25, 0.3) is 0 Å². The first-order valence-electron chi connectivity index (χ1n) is 6.70. The van der Waals surface area contributed by atoms with E-state index in [1.165, 1.54) is 23.5 Å².